The molecule has 1 rings (SSSR count). The number of rotatable bonds is 3. The Kier molecular flexibility index (Phi) is 3.54. The fourth-order valence-corrected chi connectivity index (χ4v) is 1.32. The summed E-state index contributed by atoms with van der Waals surface area (Å²) in [7, 11) is 1.74. The van der Waals surface area contributed by atoms with Crippen molar-refractivity contribution >= 4 is 6.09 Å². The van der Waals surface area contributed by atoms with Gasteiger partial charge >= 0.3 is 6.09 Å². The van der Waals surface area contributed by atoms with Crippen LogP contribution in [0.15, 0.2) is 0 Å². The third-order valence-electron chi connectivity index (χ3n) is 2.58. The molecule has 0 bridgehead atoms. The molecule has 0 radical (unpaired) electrons. The molecule has 0 aliphatic heterocycles. The predicted octanol–water partition coefficient (Wildman–Crippen LogP) is 0.812. The van der Waals surface area contributed by atoms with Crippen LogP contribution in [0.3, 0.4) is 0 Å². The van der Waals surface area contributed by atoms with Gasteiger partial charge in [0.15, 0.2) is 0 Å². The van der Waals surface area contributed by atoms with Gasteiger partial charge in [0, 0.05) is 13.6 Å². The Labute approximate surface area is 79.0 Å². The number of amides is 1. The molecule has 0 atom stereocenters. The van der Waals surface area contributed by atoms with E-state index in [1.54, 1.807) is 11.9 Å². The molecule has 0 aromatic heterocycles. The highest BCUT2D eigenvalue weighted by Gasteiger charge is 2.31. The number of nitrogens with two attached hydrogens (primary N) is 1. The third-order valence-corrected chi connectivity index (χ3v) is 2.58. The van der Waals surface area contributed by atoms with Gasteiger partial charge in [0.2, 0.25) is 0 Å². The maximum Gasteiger partial charge on any atom is 0.409 e. The van der Waals surface area contributed by atoms with E-state index in [-0.39, 0.29) is 12.2 Å². The normalized spacial score (nSPS) is 26.4. The molecular formula is C9H18N2O2. The van der Waals surface area contributed by atoms with E-state index in [0.717, 1.165) is 12.8 Å². The lowest BCUT2D eigenvalue weighted by atomic mass is 9.82. The Morgan fingerprint density at radius 2 is 2.23 bits per heavy atom. The van der Waals surface area contributed by atoms with Crippen molar-refractivity contribution in [3.05, 3.63) is 0 Å². The molecule has 76 valence electrons. The van der Waals surface area contributed by atoms with Crippen LogP contribution in [0.5, 0.6) is 0 Å². The van der Waals surface area contributed by atoms with Crippen molar-refractivity contribution in [1.29, 1.82) is 0 Å². The zero-order valence-corrected chi connectivity index (χ0v) is 8.32. The minimum absolute atomic E-state index is 0.107. The van der Waals surface area contributed by atoms with E-state index in [1.165, 1.54) is 0 Å². The van der Waals surface area contributed by atoms with Gasteiger partial charge in [-0.1, -0.05) is 0 Å². The Morgan fingerprint density at radius 3 is 2.69 bits per heavy atom. The first kappa shape index (κ1) is 10.3. The molecule has 0 heterocycles. The van der Waals surface area contributed by atoms with Crippen molar-refractivity contribution in [3.8, 4) is 0 Å². The monoisotopic (exact) mass is 186 g/mol. The maximum absolute atomic E-state index is 11.2. The Balaban J connectivity index is 2.16. The van der Waals surface area contributed by atoms with Crippen LogP contribution in [-0.4, -0.2) is 37.2 Å². The highest BCUT2D eigenvalue weighted by atomic mass is 16.6. The summed E-state index contributed by atoms with van der Waals surface area (Å²) in [6, 6.07) is 0. The first-order valence-corrected chi connectivity index (χ1v) is 4.79. The van der Waals surface area contributed by atoms with Gasteiger partial charge in [-0.25, -0.2) is 4.79 Å². The second-order valence-electron chi connectivity index (χ2n) is 3.59. The summed E-state index contributed by atoms with van der Waals surface area (Å²) < 4.78 is 5.20. The van der Waals surface area contributed by atoms with E-state index in [1.807, 2.05) is 6.92 Å². The van der Waals surface area contributed by atoms with Crippen molar-refractivity contribution in [2.75, 3.05) is 20.1 Å². The maximum atomic E-state index is 11.2. The molecule has 1 amide bonds. The number of carbonyl (C=O) groups is 1. The Bertz CT molecular complexity index is 178. The van der Waals surface area contributed by atoms with E-state index in [4.69, 9.17) is 10.5 Å². The molecule has 2 N–H and O–H groups in total. The van der Waals surface area contributed by atoms with E-state index in [2.05, 4.69) is 0 Å². The number of hydrogen-bond acceptors (Lipinski definition) is 3. The van der Waals surface area contributed by atoms with Crippen LogP contribution in [-0.2, 0) is 4.74 Å². The van der Waals surface area contributed by atoms with Crippen LogP contribution in [0, 0.1) is 5.92 Å². The molecule has 1 fully saturated rings. The summed E-state index contributed by atoms with van der Waals surface area (Å²) >= 11 is 0. The molecule has 0 unspecified atom stereocenters. The lowest BCUT2D eigenvalue weighted by Crippen LogP contribution is -2.40. The van der Waals surface area contributed by atoms with E-state index in [0.29, 0.717) is 19.0 Å². The SMILES string of the molecule is CCN(C)C(=O)OC1CC(CN)C1. The minimum atomic E-state index is -0.219. The third kappa shape index (κ3) is 2.59. The van der Waals surface area contributed by atoms with Crippen molar-refractivity contribution in [3.63, 3.8) is 0 Å². The molecular weight excluding hydrogens is 168 g/mol. The van der Waals surface area contributed by atoms with Gasteiger partial charge in [-0.2, -0.15) is 0 Å². The smallest absolute Gasteiger partial charge is 0.409 e. The van der Waals surface area contributed by atoms with Crippen molar-refractivity contribution in [1.82, 2.24) is 4.90 Å². The fraction of sp³-hybridized carbons (Fsp3) is 0.889. The number of hydrogen-bond donors (Lipinski definition) is 1. The van der Waals surface area contributed by atoms with Crippen LogP contribution < -0.4 is 5.73 Å². The molecule has 4 nitrogen and oxygen atoms in total. The van der Waals surface area contributed by atoms with E-state index < -0.39 is 0 Å². The largest absolute Gasteiger partial charge is 0.446 e. The van der Waals surface area contributed by atoms with Crippen molar-refractivity contribution in [2.45, 2.75) is 25.9 Å². The summed E-state index contributed by atoms with van der Waals surface area (Å²) in [5.41, 5.74) is 5.46. The standard InChI is InChI=1S/C9H18N2O2/c1-3-11(2)9(12)13-8-4-7(5-8)6-10/h7-8H,3-6,10H2,1-2H3. The minimum Gasteiger partial charge on any atom is -0.446 e. The van der Waals surface area contributed by atoms with E-state index in [9.17, 15) is 4.79 Å². The Morgan fingerprint density at radius 1 is 1.62 bits per heavy atom. The second-order valence-corrected chi connectivity index (χ2v) is 3.59. The molecule has 0 saturated heterocycles. The van der Waals surface area contributed by atoms with Crippen molar-refractivity contribution in [2.24, 2.45) is 11.7 Å². The topological polar surface area (TPSA) is 55.6 Å². The summed E-state index contributed by atoms with van der Waals surface area (Å²) in [4.78, 5) is 12.8. The summed E-state index contributed by atoms with van der Waals surface area (Å²) in [6.45, 7) is 3.31. The summed E-state index contributed by atoms with van der Waals surface area (Å²) in [5.74, 6) is 0.560. The second kappa shape index (κ2) is 4.46. The molecule has 13 heavy (non-hydrogen) atoms. The number of nitrogens with zero attached hydrogens (tertiary/aromatic N) is 1. The van der Waals surface area contributed by atoms with Gasteiger partial charge in [-0.15, -0.1) is 0 Å². The molecule has 0 aromatic carbocycles. The van der Waals surface area contributed by atoms with Gasteiger partial charge in [0.05, 0.1) is 0 Å². The summed E-state index contributed by atoms with van der Waals surface area (Å²) in [5, 5.41) is 0. The van der Waals surface area contributed by atoms with Gasteiger partial charge in [-0.3, -0.25) is 0 Å². The highest BCUT2D eigenvalue weighted by Crippen LogP contribution is 2.29. The number of carbonyl (C=O) groups excluding carboxylic acids is 1. The molecule has 1 aliphatic carbocycles. The summed E-state index contributed by atoms with van der Waals surface area (Å²) in [6.07, 6.45) is 1.75. The van der Waals surface area contributed by atoms with Crippen LogP contribution in [0.25, 0.3) is 0 Å². The Hall–Kier alpha value is -0.770. The van der Waals surface area contributed by atoms with Gasteiger partial charge in [0.1, 0.15) is 6.10 Å². The quantitative estimate of drug-likeness (QED) is 0.709. The molecule has 1 aliphatic rings. The molecule has 0 aromatic rings. The molecule has 4 heteroatoms. The average molecular weight is 186 g/mol. The van der Waals surface area contributed by atoms with Crippen LogP contribution >= 0.6 is 0 Å². The van der Waals surface area contributed by atoms with Crippen LogP contribution in [0.1, 0.15) is 19.8 Å². The lowest BCUT2D eigenvalue weighted by Gasteiger charge is -2.34. The first-order chi connectivity index (χ1) is 6.17. The predicted molar refractivity (Wildman–Crippen MR) is 50.4 cm³/mol. The fourth-order valence-electron chi connectivity index (χ4n) is 1.32. The zero-order chi connectivity index (χ0) is 9.84. The average Bonchev–Trinajstić information content (AvgIpc) is 2.08. The van der Waals surface area contributed by atoms with Gasteiger partial charge < -0.3 is 15.4 Å². The van der Waals surface area contributed by atoms with Crippen molar-refractivity contribution < 1.29 is 9.53 Å². The zero-order valence-electron chi connectivity index (χ0n) is 8.32. The first-order valence-electron chi connectivity index (χ1n) is 4.79. The van der Waals surface area contributed by atoms with E-state index >= 15 is 0 Å². The number of ether oxygens (including phenoxy) is 1. The van der Waals surface area contributed by atoms with Crippen LogP contribution in [0.2, 0.25) is 0 Å². The van der Waals surface area contributed by atoms with Gasteiger partial charge in [0.25, 0.3) is 0 Å². The molecule has 1 saturated carbocycles. The molecule has 0 spiro atoms. The van der Waals surface area contributed by atoms with Crippen LogP contribution in [0.4, 0.5) is 4.79 Å². The van der Waals surface area contributed by atoms with Gasteiger partial charge in [-0.05, 0) is 32.2 Å². The lowest BCUT2D eigenvalue weighted by molar-refractivity contribution is 0.00480. The highest BCUT2D eigenvalue weighted by molar-refractivity contribution is 5.67.